The van der Waals surface area contributed by atoms with Crippen LogP contribution < -0.4 is 15.6 Å². The van der Waals surface area contributed by atoms with Crippen LogP contribution in [0.15, 0.2) is 59.7 Å². The highest BCUT2D eigenvalue weighted by molar-refractivity contribution is 5.94. The second-order valence-corrected chi connectivity index (χ2v) is 6.73. The van der Waals surface area contributed by atoms with Crippen molar-refractivity contribution >= 4 is 5.91 Å². The first-order valence-corrected chi connectivity index (χ1v) is 8.86. The molecule has 0 radical (unpaired) electrons. The summed E-state index contributed by atoms with van der Waals surface area (Å²) in [6.45, 7) is 2.09. The summed E-state index contributed by atoms with van der Waals surface area (Å²) in [7, 11) is 0. The number of hydrogen-bond acceptors (Lipinski definition) is 4. The first-order valence-electron chi connectivity index (χ1n) is 8.86. The van der Waals surface area contributed by atoms with E-state index in [2.05, 4.69) is 15.3 Å². The summed E-state index contributed by atoms with van der Waals surface area (Å²) in [4.78, 5) is 31.1. The van der Waals surface area contributed by atoms with Crippen LogP contribution in [0.1, 0.15) is 33.6 Å². The van der Waals surface area contributed by atoms with Crippen molar-refractivity contribution in [2.75, 3.05) is 6.61 Å². The summed E-state index contributed by atoms with van der Waals surface area (Å²) in [5, 5.41) is 2.96. The number of rotatable bonds is 3. The highest BCUT2D eigenvalue weighted by atomic mass is 19.1. The van der Waals surface area contributed by atoms with Crippen LogP contribution in [0.3, 0.4) is 0 Å². The number of H-pyrrole nitrogens is 1. The third-order valence-corrected chi connectivity index (χ3v) is 4.87. The van der Waals surface area contributed by atoms with E-state index in [9.17, 15) is 9.59 Å². The van der Waals surface area contributed by atoms with Gasteiger partial charge in [-0.25, -0.2) is 4.39 Å². The van der Waals surface area contributed by atoms with Crippen molar-refractivity contribution in [1.29, 1.82) is 0 Å². The van der Waals surface area contributed by atoms with Crippen LogP contribution in [0, 0.1) is 12.7 Å². The Morgan fingerprint density at radius 2 is 2.14 bits per heavy atom. The maximum Gasteiger partial charge on any atom is 0.253 e. The van der Waals surface area contributed by atoms with Gasteiger partial charge in [-0.2, -0.15) is 0 Å². The van der Waals surface area contributed by atoms with Gasteiger partial charge >= 0.3 is 0 Å². The fourth-order valence-electron chi connectivity index (χ4n) is 3.50. The zero-order chi connectivity index (χ0) is 19.7. The molecule has 2 N–H and O–H groups in total. The number of pyridine rings is 2. The molecule has 3 heterocycles. The number of halogens is 1. The van der Waals surface area contributed by atoms with Crippen molar-refractivity contribution in [3.8, 4) is 5.75 Å². The van der Waals surface area contributed by atoms with Gasteiger partial charge < -0.3 is 15.0 Å². The number of hydrogen-bond donors (Lipinski definition) is 2. The molecule has 0 unspecified atom stereocenters. The average Bonchev–Trinajstić information content (AvgIpc) is 2.68. The smallest absolute Gasteiger partial charge is 0.253 e. The molecule has 0 saturated carbocycles. The van der Waals surface area contributed by atoms with E-state index in [1.54, 1.807) is 37.4 Å². The summed E-state index contributed by atoms with van der Waals surface area (Å²) in [5.74, 6) is -0.384. The van der Waals surface area contributed by atoms with E-state index < -0.39 is 17.3 Å². The number of carbonyl (C=O) groups excluding carboxylic acids is 1. The minimum Gasteiger partial charge on any atom is -0.491 e. The molecule has 0 saturated heterocycles. The molecule has 1 aliphatic heterocycles. The van der Waals surface area contributed by atoms with E-state index in [0.717, 1.165) is 5.56 Å². The number of carbonyl (C=O) groups is 1. The van der Waals surface area contributed by atoms with Crippen molar-refractivity contribution in [2.45, 2.75) is 18.9 Å². The lowest BCUT2D eigenvalue weighted by Crippen LogP contribution is -2.51. The Labute approximate surface area is 160 Å². The normalized spacial score (nSPS) is 18.1. The van der Waals surface area contributed by atoms with Gasteiger partial charge in [-0.3, -0.25) is 14.6 Å². The van der Waals surface area contributed by atoms with Crippen LogP contribution in [-0.2, 0) is 5.54 Å². The largest absolute Gasteiger partial charge is 0.491 e. The van der Waals surface area contributed by atoms with Crippen LogP contribution in [-0.4, -0.2) is 22.5 Å². The number of nitrogens with zero attached hydrogens (tertiary/aromatic N) is 1. The molecule has 0 bridgehead atoms. The molecule has 4 rings (SSSR count). The number of aryl methyl sites for hydroxylation is 1. The summed E-state index contributed by atoms with van der Waals surface area (Å²) < 4.78 is 20.7. The third kappa shape index (κ3) is 3.05. The topological polar surface area (TPSA) is 84.1 Å². The van der Waals surface area contributed by atoms with Gasteiger partial charge in [-0.15, -0.1) is 0 Å². The Bertz CT molecular complexity index is 1090. The van der Waals surface area contributed by atoms with E-state index in [1.165, 1.54) is 24.4 Å². The Morgan fingerprint density at radius 3 is 2.89 bits per heavy atom. The van der Waals surface area contributed by atoms with Crippen LogP contribution in [0.2, 0.25) is 0 Å². The molecule has 7 heteroatoms. The zero-order valence-corrected chi connectivity index (χ0v) is 15.2. The van der Waals surface area contributed by atoms with Gasteiger partial charge in [0.25, 0.3) is 5.91 Å². The van der Waals surface area contributed by atoms with Crippen LogP contribution in [0.25, 0.3) is 0 Å². The second-order valence-electron chi connectivity index (χ2n) is 6.73. The number of nitrogens with one attached hydrogen (secondary N) is 2. The van der Waals surface area contributed by atoms with Crippen LogP contribution >= 0.6 is 0 Å². The van der Waals surface area contributed by atoms with Crippen molar-refractivity contribution in [1.82, 2.24) is 15.3 Å². The molecule has 1 amide bonds. The molecule has 0 spiro atoms. The van der Waals surface area contributed by atoms with Gasteiger partial charge in [-0.1, -0.05) is 12.1 Å². The number of aromatic amines is 1. The maximum absolute atomic E-state index is 15.0. The van der Waals surface area contributed by atoms with E-state index in [0.29, 0.717) is 23.4 Å². The molecule has 1 aromatic carbocycles. The van der Waals surface area contributed by atoms with Crippen molar-refractivity contribution in [3.05, 3.63) is 93.4 Å². The lowest BCUT2D eigenvalue weighted by atomic mass is 9.80. The lowest BCUT2D eigenvalue weighted by Gasteiger charge is -2.39. The molecular weight excluding hydrogens is 361 g/mol. The zero-order valence-electron chi connectivity index (χ0n) is 15.2. The fraction of sp³-hybridized carbons (Fsp3) is 0.190. The number of ether oxygens (including phenoxy) is 1. The summed E-state index contributed by atoms with van der Waals surface area (Å²) in [6.07, 6.45) is 3.22. The number of fused-ring (bicyclic) bond motifs is 1. The van der Waals surface area contributed by atoms with Gasteiger partial charge in [0.1, 0.15) is 22.8 Å². The molecule has 142 valence electrons. The molecule has 2 aromatic heterocycles. The van der Waals surface area contributed by atoms with Gasteiger partial charge in [0.15, 0.2) is 0 Å². The van der Waals surface area contributed by atoms with Gasteiger partial charge in [0, 0.05) is 30.4 Å². The molecule has 28 heavy (non-hydrogen) atoms. The third-order valence-electron chi connectivity index (χ3n) is 4.87. The minimum atomic E-state index is -1.19. The predicted octanol–water partition coefficient (Wildman–Crippen LogP) is 2.67. The second kappa shape index (κ2) is 6.92. The standard InChI is InChI=1S/C21H18FN3O3/c1-13-4-6-15(16(22)11-13)21(8-10-28-17-3-2-9-23-19(17)21)25-20(27)14-5-7-18(26)24-12-14/h2-7,9,11-12H,8,10H2,1H3,(H,24,26)(H,25,27)/t21-/m0/s1. The molecule has 3 aromatic rings. The predicted molar refractivity (Wildman–Crippen MR) is 101 cm³/mol. The molecule has 0 aliphatic carbocycles. The van der Waals surface area contributed by atoms with Crippen LogP contribution in [0.4, 0.5) is 4.39 Å². The first-order chi connectivity index (χ1) is 13.5. The van der Waals surface area contributed by atoms with Crippen LogP contribution in [0.5, 0.6) is 5.75 Å². The molecular formula is C21H18FN3O3. The van der Waals surface area contributed by atoms with E-state index in [1.807, 2.05) is 0 Å². The number of amides is 1. The Hall–Kier alpha value is -3.48. The Balaban J connectivity index is 1.87. The van der Waals surface area contributed by atoms with Gasteiger partial charge in [-0.05, 0) is 36.8 Å². The lowest BCUT2D eigenvalue weighted by molar-refractivity contribution is 0.0881. The Kier molecular flexibility index (Phi) is 4.43. The number of aromatic nitrogens is 2. The van der Waals surface area contributed by atoms with Gasteiger partial charge in [0.2, 0.25) is 5.56 Å². The average molecular weight is 379 g/mol. The molecule has 6 nitrogen and oxygen atoms in total. The fourth-order valence-corrected chi connectivity index (χ4v) is 3.50. The van der Waals surface area contributed by atoms with Gasteiger partial charge in [0.05, 0.1) is 12.2 Å². The Morgan fingerprint density at radius 1 is 1.29 bits per heavy atom. The minimum absolute atomic E-state index is 0.260. The van der Waals surface area contributed by atoms with Crippen molar-refractivity contribution in [3.63, 3.8) is 0 Å². The highest BCUT2D eigenvalue weighted by Gasteiger charge is 2.44. The maximum atomic E-state index is 15.0. The number of benzene rings is 1. The molecule has 0 fully saturated rings. The quantitative estimate of drug-likeness (QED) is 0.733. The summed E-state index contributed by atoms with van der Waals surface area (Å²) >= 11 is 0. The van der Waals surface area contributed by atoms with Crippen molar-refractivity contribution in [2.24, 2.45) is 0 Å². The highest BCUT2D eigenvalue weighted by Crippen LogP contribution is 2.41. The van der Waals surface area contributed by atoms with Crippen molar-refractivity contribution < 1.29 is 13.9 Å². The van der Waals surface area contributed by atoms with E-state index in [-0.39, 0.29) is 17.7 Å². The monoisotopic (exact) mass is 379 g/mol. The first kappa shape index (κ1) is 17.9. The molecule has 1 atom stereocenters. The summed E-state index contributed by atoms with van der Waals surface area (Å²) in [5.41, 5.74) is 0.293. The SMILES string of the molecule is Cc1ccc([C@@]2(NC(=O)c3ccc(=O)[nH]c3)CCOc3cccnc32)c(F)c1. The molecule has 1 aliphatic rings. The van der Waals surface area contributed by atoms with E-state index >= 15 is 4.39 Å². The summed E-state index contributed by atoms with van der Waals surface area (Å²) in [6, 6.07) is 11.1. The van der Waals surface area contributed by atoms with E-state index in [4.69, 9.17) is 4.74 Å².